The Kier molecular flexibility index (Phi) is 5.89. The molecular weight excluding hydrogens is 244 g/mol. The highest BCUT2D eigenvalue weighted by molar-refractivity contribution is 5.95. The molecule has 5 nitrogen and oxygen atoms in total. The van der Waals surface area contributed by atoms with Crippen molar-refractivity contribution in [3.05, 3.63) is 30.9 Å². The van der Waals surface area contributed by atoms with Crippen molar-refractivity contribution < 1.29 is 14.3 Å². The number of nitrogens with two attached hydrogens (primary N) is 1. The van der Waals surface area contributed by atoms with Gasteiger partial charge in [-0.15, -0.1) is 6.58 Å². The van der Waals surface area contributed by atoms with Crippen LogP contribution >= 0.6 is 0 Å². The zero-order valence-electron chi connectivity index (χ0n) is 11.3. The summed E-state index contributed by atoms with van der Waals surface area (Å²) >= 11 is 0. The molecule has 0 saturated heterocycles. The predicted molar refractivity (Wildman–Crippen MR) is 75.6 cm³/mol. The zero-order valence-corrected chi connectivity index (χ0v) is 11.3. The van der Waals surface area contributed by atoms with Crippen molar-refractivity contribution in [2.45, 2.75) is 19.4 Å². The van der Waals surface area contributed by atoms with Gasteiger partial charge in [0.25, 0.3) is 0 Å². The van der Waals surface area contributed by atoms with E-state index in [-0.39, 0.29) is 5.91 Å². The van der Waals surface area contributed by atoms with Crippen LogP contribution in [0.2, 0.25) is 0 Å². The number of carbonyl (C=O) groups excluding carboxylic acids is 1. The summed E-state index contributed by atoms with van der Waals surface area (Å²) in [6, 6.07) is 4.59. The Balaban J connectivity index is 2.79. The van der Waals surface area contributed by atoms with Crippen molar-refractivity contribution in [1.82, 2.24) is 0 Å². The molecule has 1 amide bonds. The topological polar surface area (TPSA) is 73.6 Å². The lowest BCUT2D eigenvalue weighted by atomic mass is 10.2. The van der Waals surface area contributed by atoms with Gasteiger partial charge in [0.1, 0.15) is 0 Å². The lowest BCUT2D eigenvalue weighted by Crippen LogP contribution is -2.35. The number of benzene rings is 1. The summed E-state index contributed by atoms with van der Waals surface area (Å²) < 4.78 is 10.6. The van der Waals surface area contributed by atoms with Crippen LogP contribution in [0.4, 0.5) is 5.69 Å². The van der Waals surface area contributed by atoms with E-state index in [2.05, 4.69) is 11.9 Å². The summed E-state index contributed by atoms with van der Waals surface area (Å²) in [5.74, 6) is 0.946. The maximum absolute atomic E-state index is 11.8. The molecule has 0 aromatic heterocycles. The van der Waals surface area contributed by atoms with Crippen molar-refractivity contribution in [2.75, 3.05) is 19.0 Å². The second-order valence-corrected chi connectivity index (χ2v) is 3.92. The number of hydrogen-bond acceptors (Lipinski definition) is 4. The van der Waals surface area contributed by atoms with E-state index in [1.807, 2.05) is 6.92 Å². The molecule has 0 aliphatic rings. The number of hydrogen-bond donors (Lipinski definition) is 2. The minimum absolute atomic E-state index is 0.258. The van der Waals surface area contributed by atoms with Crippen molar-refractivity contribution >= 4 is 11.6 Å². The van der Waals surface area contributed by atoms with Gasteiger partial charge < -0.3 is 20.5 Å². The van der Waals surface area contributed by atoms with Crippen LogP contribution in [0.3, 0.4) is 0 Å². The van der Waals surface area contributed by atoms with Crippen molar-refractivity contribution in [3.63, 3.8) is 0 Å². The average Bonchev–Trinajstić information content (AvgIpc) is 2.41. The molecule has 3 N–H and O–H groups in total. The Bertz CT molecular complexity index is 446. The second kappa shape index (κ2) is 7.43. The first-order valence-electron chi connectivity index (χ1n) is 6.10. The molecule has 1 atom stereocenters. The van der Waals surface area contributed by atoms with Crippen LogP contribution in [0.15, 0.2) is 30.9 Å². The molecule has 0 radical (unpaired) electrons. The molecule has 0 heterocycles. The largest absolute Gasteiger partial charge is 0.493 e. The van der Waals surface area contributed by atoms with E-state index in [0.29, 0.717) is 30.2 Å². The molecule has 0 aliphatic heterocycles. The van der Waals surface area contributed by atoms with Crippen LogP contribution in [0, 0.1) is 0 Å². The molecule has 19 heavy (non-hydrogen) atoms. The standard InChI is InChI=1S/C14H20N2O3/c1-4-6-11(15)14(17)16-10-7-8-12(19-5-2)13(9-10)18-3/h4,7-9,11H,1,5-6,15H2,2-3H3,(H,16,17). The molecule has 0 saturated carbocycles. The van der Waals surface area contributed by atoms with Crippen LogP contribution in [-0.4, -0.2) is 25.7 Å². The predicted octanol–water partition coefficient (Wildman–Crippen LogP) is 1.94. The van der Waals surface area contributed by atoms with Crippen LogP contribution in [-0.2, 0) is 4.79 Å². The second-order valence-electron chi connectivity index (χ2n) is 3.92. The summed E-state index contributed by atoms with van der Waals surface area (Å²) in [5.41, 5.74) is 6.30. The molecule has 1 aromatic carbocycles. The SMILES string of the molecule is C=CCC(N)C(=O)Nc1ccc(OCC)c(OC)c1. The molecule has 0 aliphatic carbocycles. The lowest BCUT2D eigenvalue weighted by molar-refractivity contribution is -0.117. The first-order valence-corrected chi connectivity index (χ1v) is 6.10. The maximum Gasteiger partial charge on any atom is 0.241 e. The highest BCUT2D eigenvalue weighted by Crippen LogP contribution is 2.30. The molecule has 1 rings (SSSR count). The summed E-state index contributed by atoms with van der Waals surface area (Å²) in [4.78, 5) is 11.8. The number of methoxy groups -OCH3 is 1. The molecular formula is C14H20N2O3. The Morgan fingerprint density at radius 3 is 2.84 bits per heavy atom. The van der Waals surface area contributed by atoms with E-state index in [0.717, 1.165) is 0 Å². The third kappa shape index (κ3) is 4.30. The minimum Gasteiger partial charge on any atom is -0.493 e. The molecule has 1 aromatic rings. The summed E-state index contributed by atoms with van der Waals surface area (Å²) in [6.45, 7) is 5.99. The Morgan fingerprint density at radius 1 is 1.53 bits per heavy atom. The fourth-order valence-electron chi connectivity index (χ4n) is 1.54. The van der Waals surface area contributed by atoms with Gasteiger partial charge in [0, 0.05) is 11.8 Å². The highest BCUT2D eigenvalue weighted by atomic mass is 16.5. The fourth-order valence-corrected chi connectivity index (χ4v) is 1.54. The third-order valence-corrected chi connectivity index (χ3v) is 2.49. The van der Waals surface area contributed by atoms with Crippen LogP contribution in [0.1, 0.15) is 13.3 Å². The quantitative estimate of drug-likeness (QED) is 0.738. The van der Waals surface area contributed by atoms with Crippen LogP contribution < -0.4 is 20.5 Å². The first kappa shape index (κ1) is 15.0. The van der Waals surface area contributed by atoms with E-state index < -0.39 is 6.04 Å². The summed E-state index contributed by atoms with van der Waals surface area (Å²) in [5, 5.41) is 2.72. The van der Waals surface area contributed by atoms with Crippen molar-refractivity contribution in [2.24, 2.45) is 5.73 Å². The van der Waals surface area contributed by atoms with Gasteiger partial charge in [-0.05, 0) is 25.5 Å². The van der Waals surface area contributed by atoms with Gasteiger partial charge in [-0.1, -0.05) is 6.08 Å². The van der Waals surface area contributed by atoms with Gasteiger partial charge in [0.15, 0.2) is 11.5 Å². The number of anilines is 1. The molecule has 0 fully saturated rings. The molecule has 5 heteroatoms. The highest BCUT2D eigenvalue weighted by Gasteiger charge is 2.13. The van der Waals surface area contributed by atoms with Gasteiger partial charge >= 0.3 is 0 Å². The van der Waals surface area contributed by atoms with Gasteiger partial charge in [-0.3, -0.25) is 4.79 Å². The third-order valence-electron chi connectivity index (χ3n) is 2.49. The van der Waals surface area contributed by atoms with E-state index in [4.69, 9.17) is 15.2 Å². The number of amides is 1. The van der Waals surface area contributed by atoms with E-state index in [1.165, 1.54) is 0 Å². The number of rotatable bonds is 7. The molecule has 0 bridgehead atoms. The fraction of sp³-hybridized carbons (Fsp3) is 0.357. The van der Waals surface area contributed by atoms with Crippen molar-refractivity contribution in [3.8, 4) is 11.5 Å². The van der Waals surface area contributed by atoms with Crippen LogP contribution in [0.25, 0.3) is 0 Å². The Morgan fingerprint density at radius 2 is 2.26 bits per heavy atom. The van der Waals surface area contributed by atoms with E-state index in [1.54, 1.807) is 31.4 Å². The van der Waals surface area contributed by atoms with E-state index >= 15 is 0 Å². The molecule has 104 valence electrons. The normalized spacial score (nSPS) is 11.5. The Hall–Kier alpha value is -2.01. The van der Waals surface area contributed by atoms with E-state index in [9.17, 15) is 4.79 Å². The Labute approximate surface area is 113 Å². The van der Waals surface area contributed by atoms with Gasteiger partial charge in [0.2, 0.25) is 5.91 Å². The summed E-state index contributed by atoms with van der Waals surface area (Å²) in [7, 11) is 1.55. The smallest absolute Gasteiger partial charge is 0.241 e. The monoisotopic (exact) mass is 264 g/mol. The summed E-state index contributed by atoms with van der Waals surface area (Å²) in [6.07, 6.45) is 2.04. The minimum atomic E-state index is -0.602. The maximum atomic E-state index is 11.8. The molecule has 1 unspecified atom stereocenters. The first-order chi connectivity index (χ1) is 9.12. The average molecular weight is 264 g/mol. The molecule has 0 spiro atoms. The number of ether oxygens (including phenoxy) is 2. The number of nitrogens with one attached hydrogen (secondary N) is 1. The van der Waals surface area contributed by atoms with Gasteiger partial charge in [0.05, 0.1) is 19.8 Å². The number of carbonyl (C=O) groups is 1. The van der Waals surface area contributed by atoms with Crippen molar-refractivity contribution in [1.29, 1.82) is 0 Å². The van der Waals surface area contributed by atoms with Crippen LogP contribution in [0.5, 0.6) is 11.5 Å². The lowest BCUT2D eigenvalue weighted by Gasteiger charge is -2.13. The zero-order chi connectivity index (χ0) is 14.3. The van der Waals surface area contributed by atoms with Gasteiger partial charge in [-0.2, -0.15) is 0 Å². The van der Waals surface area contributed by atoms with Gasteiger partial charge in [-0.25, -0.2) is 0 Å².